The van der Waals surface area contributed by atoms with Crippen LogP contribution >= 0.6 is 23.2 Å². The molecule has 0 spiro atoms. The standard InChI is InChI=1S/C22H29Cl2N7O/c1-22(2,3)14-8-13-16(9-15(14)23)28-29-20(13)26-11-17-27-19(24)18(31(17)5)21(32)30(4)12-6-7-25-10-12/h8-9,12,25H,6-7,10-11H2,1-5H3,(H2,26,28,29)/t12-/m1/s1. The molecule has 1 fully saturated rings. The van der Waals surface area contributed by atoms with Gasteiger partial charge in [-0.25, -0.2) is 4.98 Å². The molecule has 1 aliphatic rings. The van der Waals surface area contributed by atoms with E-state index in [4.69, 9.17) is 23.2 Å². The van der Waals surface area contributed by atoms with E-state index < -0.39 is 0 Å². The average molecular weight is 478 g/mol. The molecule has 0 unspecified atom stereocenters. The predicted molar refractivity (Wildman–Crippen MR) is 129 cm³/mol. The first kappa shape index (κ1) is 22.9. The van der Waals surface area contributed by atoms with Crippen LogP contribution in [0.3, 0.4) is 0 Å². The molecule has 1 atom stereocenters. The minimum Gasteiger partial charge on any atom is -0.361 e. The minimum atomic E-state index is -0.125. The van der Waals surface area contributed by atoms with Gasteiger partial charge in [0.25, 0.3) is 5.91 Å². The highest BCUT2D eigenvalue weighted by Crippen LogP contribution is 2.34. The maximum Gasteiger partial charge on any atom is 0.273 e. The van der Waals surface area contributed by atoms with Gasteiger partial charge in [0.2, 0.25) is 0 Å². The van der Waals surface area contributed by atoms with Crippen molar-refractivity contribution in [3.8, 4) is 0 Å². The summed E-state index contributed by atoms with van der Waals surface area (Å²) in [5.41, 5.74) is 2.20. The van der Waals surface area contributed by atoms with Gasteiger partial charge in [0, 0.05) is 37.1 Å². The zero-order chi connectivity index (χ0) is 23.2. The quantitative estimate of drug-likeness (QED) is 0.517. The van der Waals surface area contributed by atoms with E-state index in [0.29, 0.717) is 28.9 Å². The van der Waals surface area contributed by atoms with Crippen LogP contribution in [0.15, 0.2) is 12.1 Å². The second-order valence-electron chi connectivity index (χ2n) is 9.34. The summed E-state index contributed by atoms with van der Waals surface area (Å²) in [6, 6.07) is 4.13. The highest BCUT2D eigenvalue weighted by molar-refractivity contribution is 6.32. The number of aromatic nitrogens is 4. The molecule has 32 heavy (non-hydrogen) atoms. The van der Waals surface area contributed by atoms with Gasteiger partial charge in [-0.15, -0.1) is 0 Å². The largest absolute Gasteiger partial charge is 0.361 e. The Morgan fingerprint density at radius 2 is 2.09 bits per heavy atom. The number of hydrogen-bond donors (Lipinski definition) is 3. The van der Waals surface area contributed by atoms with Gasteiger partial charge in [0.15, 0.2) is 11.0 Å². The molecule has 2 aromatic heterocycles. The van der Waals surface area contributed by atoms with Gasteiger partial charge in [-0.3, -0.25) is 9.89 Å². The number of benzene rings is 1. The first-order valence-corrected chi connectivity index (χ1v) is 11.4. The number of fused-ring (bicyclic) bond motifs is 1. The molecule has 0 aliphatic carbocycles. The Balaban J connectivity index is 1.56. The van der Waals surface area contributed by atoms with E-state index in [2.05, 4.69) is 52.7 Å². The molecular formula is C22H29Cl2N7O. The molecule has 1 saturated heterocycles. The van der Waals surface area contributed by atoms with E-state index >= 15 is 0 Å². The SMILES string of the molecule is CN(C(=O)c1c(Cl)nc(CNc2n[nH]c3cc(Cl)c(C(C)(C)C)cc23)n1C)[C@@H]1CCNC1. The normalized spacial score (nSPS) is 16.7. The second kappa shape index (κ2) is 8.57. The Hall–Kier alpha value is -2.29. The van der Waals surface area contributed by atoms with E-state index in [9.17, 15) is 4.79 Å². The van der Waals surface area contributed by atoms with E-state index in [1.807, 2.05) is 20.2 Å². The number of amides is 1. The fraction of sp³-hybridized carbons (Fsp3) is 0.500. The lowest BCUT2D eigenvalue weighted by molar-refractivity contribution is 0.0734. The van der Waals surface area contributed by atoms with E-state index in [1.54, 1.807) is 9.47 Å². The number of anilines is 1. The number of aromatic amines is 1. The average Bonchev–Trinajstić information content (AvgIpc) is 3.44. The fourth-order valence-electron chi connectivity index (χ4n) is 4.11. The van der Waals surface area contributed by atoms with Gasteiger partial charge in [-0.05, 0) is 36.1 Å². The number of nitrogens with zero attached hydrogens (tertiary/aromatic N) is 4. The van der Waals surface area contributed by atoms with Gasteiger partial charge in [0.05, 0.1) is 12.1 Å². The first-order valence-electron chi connectivity index (χ1n) is 10.7. The number of rotatable bonds is 5. The summed E-state index contributed by atoms with van der Waals surface area (Å²) < 4.78 is 1.75. The van der Waals surface area contributed by atoms with Gasteiger partial charge in [-0.2, -0.15) is 5.10 Å². The molecule has 1 aliphatic heterocycles. The lowest BCUT2D eigenvalue weighted by atomic mass is 9.86. The fourth-order valence-corrected chi connectivity index (χ4v) is 4.86. The predicted octanol–water partition coefficient (Wildman–Crippen LogP) is 3.95. The topological polar surface area (TPSA) is 90.9 Å². The molecule has 3 aromatic rings. The van der Waals surface area contributed by atoms with Crippen molar-refractivity contribution in [3.05, 3.63) is 39.4 Å². The van der Waals surface area contributed by atoms with Crippen LogP contribution in [0.1, 0.15) is 49.1 Å². The number of carbonyl (C=O) groups excluding carboxylic acids is 1. The van der Waals surface area contributed by atoms with Crippen LogP contribution in [0.2, 0.25) is 10.2 Å². The molecular weight excluding hydrogens is 449 g/mol. The molecule has 3 N–H and O–H groups in total. The molecule has 0 bridgehead atoms. The maximum atomic E-state index is 13.1. The van der Waals surface area contributed by atoms with Crippen molar-refractivity contribution in [2.45, 2.75) is 45.2 Å². The van der Waals surface area contributed by atoms with Crippen LogP contribution in [-0.2, 0) is 19.0 Å². The van der Waals surface area contributed by atoms with Gasteiger partial charge in [-0.1, -0.05) is 44.0 Å². The molecule has 8 nitrogen and oxygen atoms in total. The molecule has 3 heterocycles. The molecule has 4 rings (SSSR count). The van der Waals surface area contributed by atoms with Crippen LogP contribution < -0.4 is 10.6 Å². The molecule has 1 amide bonds. The number of H-pyrrole nitrogens is 1. The smallest absolute Gasteiger partial charge is 0.273 e. The monoisotopic (exact) mass is 477 g/mol. The van der Waals surface area contributed by atoms with Crippen molar-refractivity contribution >= 4 is 45.8 Å². The molecule has 10 heteroatoms. The van der Waals surface area contributed by atoms with Crippen molar-refractivity contribution in [2.75, 3.05) is 25.5 Å². The zero-order valence-corrected chi connectivity index (χ0v) is 20.5. The maximum absolute atomic E-state index is 13.1. The molecule has 0 saturated carbocycles. The number of hydrogen-bond acceptors (Lipinski definition) is 5. The number of likely N-dealkylation sites (N-methyl/N-ethyl adjacent to an activating group) is 1. The van der Waals surface area contributed by atoms with Crippen LogP contribution in [-0.4, -0.2) is 56.7 Å². The highest BCUT2D eigenvalue weighted by Gasteiger charge is 2.29. The second-order valence-corrected chi connectivity index (χ2v) is 10.1. The van der Waals surface area contributed by atoms with Gasteiger partial charge in [0.1, 0.15) is 11.5 Å². The number of halogens is 2. The summed E-state index contributed by atoms with van der Waals surface area (Å²) in [5.74, 6) is 1.22. The summed E-state index contributed by atoms with van der Waals surface area (Å²) in [4.78, 5) is 19.2. The molecule has 0 radical (unpaired) electrons. The van der Waals surface area contributed by atoms with E-state index in [1.165, 1.54) is 0 Å². The Kier molecular flexibility index (Phi) is 6.13. The summed E-state index contributed by atoms with van der Waals surface area (Å²) in [6.07, 6.45) is 0.929. The summed E-state index contributed by atoms with van der Waals surface area (Å²) in [5, 5.41) is 15.9. The van der Waals surface area contributed by atoms with Crippen molar-refractivity contribution in [3.63, 3.8) is 0 Å². The van der Waals surface area contributed by atoms with Crippen molar-refractivity contribution in [1.29, 1.82) is 0 Å². The van der Waals surface area contributed by atoms with Crippen LogP contribution in [0, 0.1) is 0 Å². The first-order chi connectivity index (χ1) is 15.1. The van der Waals surface area contributed by atoms with Crippen molar-refractivity contribution in [2.24, 2.45) is 7.05 Å². The summed E-state index contributed by atoms with van der Waals surface area (Å²) >= 11 is 12.9. The van der Waals surface area contributed by atoms with Gasteiger partial charge < -0.3 is 20.1 Å². The lowest BCUT2D eigenvalue weighted by Crippen LogP contribution is -2.39. The van der Waals surface area contributed by atoms with Crippen molar-refractivity contribution in [1.82, 2.24) is 30.0 Å². The summed E-state index contributed by atoms with van der Waals surface area (Å²) in [6.45, 7) is 8.45. The number of carbonyl (C=O) groups is 1. The van der Waals surface area contributed by atoms with Crippen LogP contribution in [0.4, 0.5) is 5.82 Å². The van der Waals surface area contributed by atoms with Crippen molar-refractivity contribution < 1.29 is 4.79 Å². The van der Waals surface area contributed by atoms with Gasteiger partial charge >= 0.3 is 0 Å². The van der Waals surface area contributed by atoms with Crippen LogP contribution in [0.5, 0.6) is 0 Å². The van der Waals surface area contributed by atoms with E-state index in [0.717, 1.165) is 36.0 Å². The molecule has 1 aromatic carbocycles. The Morgan fingerprint density at radius 3 is 2.75 bits per heavy atom. The lowest BCUT2D eigenvalue weighted by Gasteiger charge is -2.24. The van der Waals surface area contributed by atoms with Crippen LogP contribution in [0.25, 0.3) is 10.9 Å². The minimum absolute atomic E-state index is 0.0941. The Bertz CT molecular complexity index is 1160. The molecule has 172 valence electrons. The third kappa shape index (κ3) is 4.19. The highest BCUT2D eigenvalue weighted by atomic mass is 35.5. The number of nitrogens with one attached hydrogen (secondary N) is 3. The third-order valence-corrected chi connectivity index (χ3v) is 6.70. The Labute approximate surface area is 197 Å². The summed E-state index contributed by atoms with van der Waals surface area (Å²) in [7, 11) is 3.62. The zero-order valence-electron chi connectivity index (χ0n) is 19.0. The third-order valence-electron chi connectivity index (χ3n) is 6.12. The number of imidazole rings is 1. The Morgan fingerprint density at radius 1 is 1.34 bits per heavy atom. The van der Waals surface area contributed by atoms with E-state index in [-0.39, 0.29) is 22.5 Å².